The van der Waals surface area contributed by atoms with Crippen molar-refractivity contribution in [3.05, 3.63) is 86.0 Å². The van der Waals surface area contributed by atoms with Crippen LogP contribution in [0.2, 0.25) is 0 Å². The number of hydrogen-bond acceptors (Lipinski definition) is 6. The molecule has 0 aliphatic carbocycles. The number of benzene rings is 2. The molecule has 0 atom stereocenters. The molecule has 0 aliphatic heterocycles. The van der Waals surface area contributed by atoms with E-state index in [0.29, 0.717) is 10.4 Å². The Morgan fingerprint density at radius 3 is 1.86 bits per heavy atom. The molecule has 10 heteroatoms. The van der Waals surface area contributed by atoms with E-state index in [1.165, 1.54) is 18.4 Å². The van der Waals surface area contributed by atoms with Gasteiger partial charge in [-0.1, -0.05) is 45.9 Å². The second kappa shape index (κ2) is 36.4. The van der Waals surface area contributed by atoms with E-state index in [-0.39, 0.29) is 113 Å². The fourth-order valence-electron chi connectivity index (χ4n) is 1.63. The summed E-state index contributed by atoms with van der Waals surface area (Å²) in [4.78, 5) is 30.8. The molecule has 1 heterocycles. The van der Waals surface area contributed by atoms with Crippen molar-refractivity contribution in [2.45, 2.75) is 27.7 Å². The second-order valence-corrected chi connectivity index (χ2v) is 6.02. The molecule has 0 bridgehead atoms. The molecule has 192 valence electrons. The Bertz CT molecular complexity index is 824. The number of thiophene rings is 1. The van der Waals surface area contributed by atoms with Crippen LogP contribution in [0.25, 0.3) is 10.1 Å². The van der Waals surface area contributed by atoms with Gasteiger partial charge in [0.15, 0.2) is 0 Å². The zero-order valence-electron chi connectivity index (χ0n) is 21.5. The quantitative estimate of drug-likeness (QED) is 0.130. The van der Waals surface area contributed by atoms with E-state index in [9.17, 15) is 14.4 Å². The first-order chi connectivity index (χ1) is 14.5. The number of rotatable bonds is 3. The van der Waals surface area contributed by atoms with Crippen molar-refractivity contribution >= 4 is 52.3 Å². The van der Waals surface area contributed by atoms with Crippen molar-refractivity contribution in [2.24, 2.45) is 0 Å². The van der Waals surface area contributed by atoms with Crippen molar-refractivity contribution in [3.8, 4) is 0 Å². The number of hydrogen-bond donors (Lipinski definition) is 2. The Kier molecular flexibility index (Phi) is 53.9. The Balaban J connectivity index is -0.0000000613. The standard InChI is InChI=1S/C9H6O2S.C7H5O.C3H6O2S.2C2H6.2CH3.W.2Y/c10-9(11)8-5-6-3-1-2-4-7(6)12-8;8-6-7-4-2-1-3-5-7;1-5-3(4)2-6;2*1-2;;;;;/h1-5H,(H,10,11);1-4,6H;6H,2H2,1H3;2*1-2H3;2*1H3;;;/q;-1;;;;2*-1;;;. The van der Waals surface area contributed by atoms with Gasteiger partial charge in [-0.25, -0.2) is 4.79 Å². The summed E-state index contributed by atoms with van der Waals surface area (Å²) < 4.78 is 5.21. The van der Waals surface area contributed by atoms with Gasteiger partial charge in [0.1, 0.15) is 4.88 Å². The monoisotopic (exact) mass is 841 g/mol. The summed E-state index contributed by atoms with van der Waals surface area (Å²) in [6.45, 7) is 8.00. The van der Waals surface area contributed by atoms with Gasteiger partial charge < -0.3 is 29.5 Å². The molecule has 35 heavy (non-hydrogen) atoms. The third kappa shape index (κ3) is 25.7. The average molecular weight is 841 g/mol. The van der Waals surface area contributed by atoms with Crippen LogP contribution in [-0.2, 0) is 96.0 Å². The van der Waals surface area contributed by atoms with Gasteiger partial charge in [0.25, 0.3) is 0 Å². The predicted molar refractivity (Wildman–Crippen MR) is 141 cm³/mol. The summed E-state index contributed by atoms with van der Waals surface area (Å²) >= 11 is 4.93. The minimum absolute atomic E-state index is 0. The van der Waals surface area contributed by atoms with Gasteiger partial charge in [-0.3, -0.25) is 4.79 Å². The third-order valence-electron chi connectivity index (χ3n) is 2.85. The van der Waals surface area contributed by atoms with Gasteiger partial charge in [0.05, 0.1) is 19.1 Å². The zero-order chi connectivity index (χ0) is 23.4. The number of aromatic carboxylic acids is 1. The number of esters is 1. The van der Waals surface area contributed by atoms with Crippen LogP contribution in [0.15, 0.2) is 54.6 Å². The number of carbonyl (C=O) groups is 3. The maximum atomic E-state index is 10.6. The summed E-state index contributed by atoms with van der Waals surface area (Å²) in [6, 6.07) is 19.2. The molecule has 5 nitrogen and oxygen atoms in total. The SMILES string of the molecule is CC.CC.COC(=O)CS.O=C(O)c1cc2ccccc2s1.O=Cc1[c-]cccc1.[CH3-].[CH3-].[W].[Y].[Y]. The summed E-state index contributed by atoms with van der Waals surface area (Å²) in [6.07, 6.45) is 0.778. The molecule has 3 rings (SSSR count). The minimum Gasteiger partial charge on any atom is -0.477 e. The predicted octanol–water partition coefficient (Wildman–Crippen LogP) is 6.93. The van der Waals surface area contributed by atoms with Crippen LogP contribution in [0.5, 0.6) is 0 Å². The van der Waals surface area contributed by atoms with E-state index < -0.39 is 5.97 Å². The molecule has 1 aromatic heterocycles. The molecule has 0 spiro atoms. The molecule has 2 aromatic carbocycles. The smallest absolute Gasteiger partial charge is 0.345 e. The van der Waals surface area contributed by atoms with Crippen LogP contribution >= 0.6 is 24.0 Å². The van der Waals surface area contributed by atoms with Gasteiger partial charge in [-0.15, -0.1) is 47.2 Å². The van der Waals surface area contributed by atoms with Crippen LogP contribution in [0.4, 0.5) is 0 Å². The van der Waals surface area contributed by atoms with Gasteiger partial charge in [-0.2, -0.15) is 12.6 Å². The molecule has 0 aliphatic rings. The van der Waals surface area contributed by atoms with Crippen molar-refractivity contribution in [1.82, 2.24) is 0 Å². The second-order valence-electron chi connectivity index (χ2n) is 4.62. The fourth-order valence-corrected chi connectivity index (χ4v) is 2.66. The summed E-state index contributed by atoms with van der Waals surface area (Å²) in [5.41, 5.74) is 0.604. The van der Waals surface area contributed by atoms with E-state index in [2.05, 4.69) is 23.4 Å². The molecule has 2 radical (unpaired) electrons. The summed E-state index contributed by atoms with van der Waals surface area (Å²) in [7, 11) is 1.33. The van der Waals surface area contributed by atoms with Crippen LogP contribution in [0, 0.1) is 20.9 Å². The zero-order valence-corrected chi connectivity index (χ0v) is 31.8. The largest absolute Gasteiger partial charge is 0.477 e. The first-order valence-corrected chi connectivity index (χ1v) is 10.8. The number of carbonyl (C=O) groups excluding carboxylic acids is 2. The Hall–Kier alpha value is 0.256. The van der Waals surface area contributed by atoms with E-state index in [0.717, 1.165) is 16.4 Å². The minimum atomic E-state index is -0.851. The normalized spacial score (nSPS) is 7.14. The van der Waals surface area contributed by atoms with Gasteiger partial charge in [-0.05, 0) is 17.5 Å². The molecule has 0 fully saturated rings. The fraction of sp³-hybridized carbons (Fsp3) is 0.240. The maximum absolute atomic E-state index is 10.6. The number of methoxy groups -OCH3 is 1. The van der Waals surface area contributed by atoms with E-state index in [4.69, 9.17) is 5.11 Å². The molecular formula is C25H35O5S2WY2-3. The first kappa shape index (κ1) is 51.8. The summed E-state index contributed by atoms with van der Waals surface area (Å²) in [5, 5.41) is 9.70. The van der Waals surface area contributed by atoms with E-state index >= 15 is 0 Å². The maximum Gasteiger partial charge on any atom is 0.345 e. The van der Waals surface area contributed by atoms with E-state index in [1.54, 1.807) is 24.3 Å². The molecule has 0 saturated carbocycles. The number of thiol groups is 1. The Labute approximate surface area is 286 Å². The van der Waals surface area contributed by atoms with Crippen LogP contribution in [0.1, 0.15) is 47.7 Å². The van der Waals surface area contributed by atoms with Crippen LogP contribution in [-0.4, -0.2) is 36.2 Å². The first-order valence-electron chi connectivity index (χ1n) is 9.33. The van der Waals surface area contributed by atoms with Crippen molar-refractivity contribution in [3.63, 3.8) is 0 Å². The van der Waals surface area contributed by atoms with Gasteiger partial charge in [0.2, 0.25) is 0 Å². The average Bonchev–Trinajstić information content (AvgIpc) is 3.27. The molecule has 0 unspecified atom stereocenters. The van der Waals surface area contributed by atoms with Crippen molar-refractivity contribution < 1.29 is 111 Å². The Morgan fingerprint density at radius 1 is 1.03 bits per heavy atom. The van der Waals surface area contributed by atoms with Gasteiger partial charge in [0, 0.05) is 91.2 Å². The van der Waals surface area contributed by atoms with Gasteiger partial charge >= 0.3 is 11.9 Å². The number of aldehydes is 1. The van der Waals surface area contributed by atoms with E-state index in [1.807, 2.05) is 58.0 Å². The molecular weight excluding hydrogens is 806 g/mol. The molecule has 3 aromatic rings. The van der Waals surface area contributed by atoms with Crippen LogP contribution in [0.3, 0.4) is 0 Å². The molecule has 1 N–H and O–H groups in total. The topological polar surface area (TPSA) is 80.7 Å². The molecule has 0 amide bonds. The van der Waals surface area contributed by atoms with Crippen molar-refractivity contribution in [2.75, 3.05) is 12.9 Å². The Morgan fingerprint density at radius 2 is 1.54 bits per heavy atom. The molecule has 0 saturated heterocycles. The number of carboxylic acid groups (broad SMARTS) is 1. The number of carboxylic acids is 1. The summed E-state index contributed by atoms with van der Waals surface area (Å²) in [5.74, 6) is -0.981. The number of fused-ring (bicyclic) bond motifs is 1. The van der Waals surface area contributed by atoms with Crippen molar-refractivity contribution in [1.29, 1.82) is 0 Å². The third-order valence-corrected chi connectivity index (χ3v) is 4.22. The number of ether oxygens (including phenoxy) is 1. The van der Waals surface area contributed by atoms with Crippen LogP contribution < -0.4 is 0 Å².